The fourth-order valence-corrected chi connectivity index (χ4v) is 0.773. The molecule has 1 N–H and O–H groups in total. The molecule has 14 heavy (non-hydrogen) atoms. The summed E-state index contributed by atoms with van der Waals surface area (Å²) in [4.78, 5) is 0. The van der Waals surface area contributed by atoms with Gasteiger partial charge >= 0.3 is 6.18 Å². The first-order chi connectivity index (χ1) is 6.56. The van der Waals surface area contributed by atoms with Crippen molar-refractivity contribution in [3.8, 4) is 12.3 Å². The smallest absolute Gasteiger partial charge is 0.372 e. The first-order valence-corrected chi connectivity index (χ1v) is 4.35. The van der Waals surface area contributed by atoms with E-state index in [9.17, 15) is 13.2 Å². The Morgan fingerprint density at radius 3 is 2.57 bits per heavy atom. The summed E-state index contributed by atoms with van der Waals surface area (Å²) in [5.74, 6) is 2.45. The lowest BCUT2D eigenvalue weighted by Gasteiger charge is -2.07. The zero-order chi connectivity index (χ0) is 10.9. The number of rotatable bonds is 7. The lowest BCUT2D eigenvalue weighted by atomic mass is 10.4. The maximum absolute atomic E-state index is 11.6. The number of hydrogen-bond acceptors (Lipinski definition) is 2. The second kappa shape index (κ2) is 7.65. The Morgan fingerprint density at radius 1 is 1.29 bits per heavy atom. The lowest BCUT2D eigenvalue weighted by Crippen LogP contribution is -2.21. The van der Waals surface area contributed by atoms with E-state index in [0.717, 1.165) is 0 Å². The molecule has 0 aliphatic rings. The Kier molecular flexibility index (Phi) is 7.25. The quantitative estimate of drug-likeness (QED) is 0.507. The summed E-state index contributed by atoms with van der Waals surface area (Å²) in [7, 11) is 0. The van der Waals surface area contributed by atoms with Gasteiger partial charge in [0.05, 0.1) is 0 Å². The van der Waals surface area contributed by atoms with Crippen LogP contribution in [0.3, 0.4) is 0 Å². The fraction of sp³-hybridized carbons (Fsp3) is 0.778. The summed E-state index contributed by atoms with van der Waals surface area (Å²) in [6, 6.07) is 0. The van der Waals surface area contributed by atoms with Gasteiger partial charge in [-0.2, -0.15) is 13.2 Å². The minimum Gasteiger partial charge on any atom is -0.372 e. The van der Waals surface area contributed by atoms with Crippen molar-refractivity contribution in [1.29, 1.82) is 0 Å². The topological polar surface area (TPSA) is 21.3 Å². The molecule has 0 spiro atoms. The molecule has 0 unspecified atom stereocenters. The molecule has 0 atom stereocenters. The molecular formula is C9H14F3NO. The lowest BCUT2D eigenvalue weighted by molar-refractivity contribution is -0.173. The molecule has 0 heterocycles. The molecule has 0 aromatic rings. The minimum absolute atomic E-state index is 0.114. The molecule has 0 radical (unpaired) electrons. The Balaban J connectivity index is 3.04. The molecular weight excluding hydrogens is 195 g/mol. The average molecular weight is 209 g/mol. The van der Waals surface area contributed by atoms with Gasteiger partial charge in [0.25, 0.3) is 0 Å². The largest absolute Gasteiger partial charge is 0.411 e. The van der Waals surface area contributed by atoms with E-state index in [0.29, 0.717) is 25.9 Å². The van der Waals surface area contributed by atoms with Crippen LogP contribution in [-0.4, -0.2) is 32.5 Å². The third kappa shape index (κ3) is 11.3. The Morgan fingerprint density at radius 2 is 2.00 bits per heavy atom. The van der Waals surface area contributed by atoms with Gasteiger partial charge in [-0.25, -0.2) is 0 Å². The number of terminal acetylenes is 1. The van der Waals surface area contributed by atoms with E-state index in [-0.39, 0.29) is 6.61 Å². The van der Waals surface area contributed by atoms with Crippen molar-refractivity contribution in [1.82, 2.24) is 5.32 Å². The van der Waals surface area contributed by atoms with E-state index in [4.69, 9.17) is 6.42 Å². The van der Waals surface area contributed by atoms with Gasteiger partial charge in [0.1, 0.15) is 6.61 Å². The summed E-state index contributed by atoms with van der Waals surface area (Å²) in [5.41, 5.74) is 0. The third-order valence-corrected chi connectivity index (χ3v) is 1.35. The van der Waals surface area contributed by atoms with Crippen molar-refractivity contribution in [2.75, 3.05) is 26.3 Å². The molecule has 0 rings (SSSR count). The van der Waals surface area contributed by atoms with Gasteiger partial charge in [-0.3, -0.25) is 0 Å². The predicted octanol–water partition coefficient (Wildman–Crippen LogP) is 1.57. The SMILES string of the molecule is C#CCCNCCCOCC(F)(F)F. The van der Waals surface area contributed by atoms with Crippen LogP contribution in [0.2, 0.25) is 0 Å². The maximum atomic E-state index is 11.6. The van der Waals surface area contributed by atoms with Crippen molar-refractivity contribution >= 4 is 0 Å². The molecule has 0 aliphatic carbocycles. The highest BCUT2D eigenvalue weighted by Gasteiger charge is 2.26. The van der Waals surface area contributed by atoms with E-state index in [1.165, 1.54) is 0 Å². The van der Waals surface area contributed by atoms with Gasteiger partial charge in [-0.15, -0.1) is 12.3 Å². The van der Waals surface area contributed by atoms with E-state index in [2.05, 4.69) is 16.0 Å². The van der Waals surface area contributed by atoms with E-state index in [1.807, 2.05) is 0 Å². The van der Waals surface area contributed by atoms with Crippen LogP contribution in [0.25, 0.3) is 0 Å². The zero-order valence-electron chi connectivity index (χ0n) is 7.86. The minimum atomic E-state index is -4.23. The summed E-state index contributed by atoms with van der Waals surface area (Å²) in [5, 5.41) is 2.98. The fourth-order valence-electron chi connectivity index (χ4n) is 0.773. The first kappa shape index (κ1) is 13.3. The van der Waals surface area contributed by atoms with Crippen LogP contribution < -0.4 is 5.32 Å². The Hall–Kier alpha value is -0.730. The van der Waals surface area contributed by atoms with Crippen molar-refractivity contribution in [3.63, 3.8) is 0 Å². The Bertz CT molecular complexity index is 174. The van der Waals surface area contributed by atoms with Crippen LogP contribution in [-0.2, 0) is 4.74 Å². The van der Waals surface area contributed by atoms with Crippen LogP contribution in [0.1, 0.15) is 12.8 Å². The molecule has 0 saturated carbocycles. The van der Waals surface area contributed by atoms with Gasteiger partial charge in [0.2, 0.25) is 0 Å². The molecule has 82 valence electrons. The van der Waals surface area contributed by atoms with Gasteiger partial charge in [0, 0.05) is 19.6 Å². The van der Waals surface area contributed by atoms with Gasteiger partial charge < -0.3 is 10.1 Å². The van der Waals surface area contributed by atoms with Crippen LogP contribution in [0.5, 0.6) is 0 Å². The number of hydrogen-bond donors (Lipinski definition) is 1. The summed E-state index contributed by atoms with van der Waals surface area (Å²) in [6.45, 7) is 0.259. The molecule has 2 nitrogen and oxygen atoms in total. The number of halogens is 3. The molecule has 5 heteroatoms. The normalized spacial score (nSPS) is 11.3. The first-order valence-electron chi connectivity index (χ1n) is 4.35. The van der Waals surface area contributed by atoms with Crippen LogP contribution in [0.15, 0.2) is 0 Å². The predicted molar refractivity (Wildman–Crippen MR) is 47.8 cm³/mol. The zero-order valence-corrected chi connectivity index (χ0v) is 7.86. The molecule has 0 saturated heterocycles. The number of nitrogens with one attached hydrogen (secondary N) is 1. The summed E-state index contributed by atoms with van der Waals surface area (Å²) < 4.78 is 39.1. The molecule has 0 bridgehead atoms. The number of ether oxygens (including phenoxy) is 1. The van der Waals surface area contributed by atoms with Crippen molar-refractivity contribution in [2.45, 2.75) is 19.0 Å². The van der Waals surface area contributed by atoms with Crippen molar-refractivity contribution < 1.29 is 17.9 Å². The standard InChI is InChI=1S/C9H14F3NO/c1-2-3-5-13-6-4-7-14-8-9(10,11)12/h1,13H,3-8H2. The maximum Gasteiger partial charge on any atom is 0.411 e. The Labute approximate surface area is 81.8 Å². The van der Waals surface area contributed by atoms with Crippen molar-refractivity contribution in [2.24, 2.45) is 0 Å². The van der Waals surface area contributed by atoms with E-state index >= 15 is 0 Å². The second-order valence-corrected chi connectivity index (χ2v) is 2.73. The van der Waals surface area contributed by atoms with Crippen LogP contribution >= 0.6 is 0 Å². The molecule has 0 aliphatic heterocycles. The van der Waals surface area contributed by atoms with E-state index < -0.39 is 12.8 Å². The molecule has 0 fully saturated rings. The monoisotopic (exact) mass is 209 g/mol. The summed E-state index contributed by atoms with van der Waals surface area (Å²) in [6.07, 6.45) is 1.96. The highest BCUT2D eigenvalue weighted by molar-refractivity contribution is 4.83. The number of alkyl halides is 3. The molecule has 0 aromatic carbocycles. The van der Waals surface area contributed by atoms with Crippen molar-refractivity contribution in [3.05, 3.63) is 0 Å². The molecule has 0 aromatic heterocycles. The van der Waals surface area contributed by atoms with Crippen LogP contribution in [0, 0.1) is 12.3 Å². The van der Waals surface area contributed by atoms with E-state index in [1.54, 1.807) is 0 Å². The second-order valence-electron chi connectivity index (χ2n) is 2.73. The van der Waals surface area contributed by atoms with Crippen LogP contribution in [0.4, 0.5) is 13.2 Å². The average Bonchev–Trinajstić information content (AvgIpc) is 2.08. The third-order valence-electron chi connectivity index (χ3n) is 1.35. The highest BCUT2D eigenvalue weighted by Crippen LogP contribution is 2.14. The highest BCUT2D eigenvalue weighted by atomic mass is 19.4. The molecule has 0 amide bonds. The summed E-state index contributed by atoms with van der Waals surface area (Å²) >= 11 is 0. The van der Waals surface area contributed by atoms with Gasteiger partial charge in [-0.1, -0.05) is 0 Å². The van der Waals surface area contributed by atoms with Gasteiger partial charge in [0.15, 0.2) is 0 Å². The van der Waals surface area contributed by atoms with Gasteiger partial charge in [-0.05, 0) is 13.0 Å².